The summed E-state index contributed by atoms with van der Waals surface area (Å²) in [5, 5.41) is 29.4. The van der Waals surface area contributed by atoms with Crippen molar-refractivity contribution in [3.8, 4) is 17.2 Å². The van der Waals surface area contributed by atoms with Crippen LogP contribution in [0.4, 0.5) is 0 Å². The molecule has 0 unspecified atom stereocenters. The summed E-state index contributed by atoms with van der Waals surface area (Å²) in [5.41, 5.74) is 7.84. The van der Waals surface area contributed by atoms with Gasteiger partial charge in [0.15, 0.2) is 0 Å². The molecule has 5 aromatic carbocycles. The van der Waals surface area contributed by atoms with E-state index < -0.39 is 55.5 Å². The number of primary amides is 1. The van der Waals surface area contributed by atoms with Crippen molar-refractivity contribution in [1.82, 2.24) is 25.8 Å². The largest absolute Gasteiger partial charge is 0.524 e. The third-order valence-corrected chi connectivity index (χ3v) is 11.4. The quantitative estimate of drug-likeness (QED) is 0.0555. The van der Waals surface area contributed by atoms with Crippen LogP contribution in [0.15, 0.2) is 115 Å². The Morgan fingerprint density at radius 3 is 1.70 bits per heavy atom. The van der Waals surface area contributed by atoms with E-state index in [1.807, 2.05) is 42.5 Å². The van der Waals surface area contributed by atoms with Gasteiger partial charge in [-0.2, -0.15) is 0 Å². The number of carbonyl (C=O) groups excluding carboxylic acids is 6. The Bertz CT molecular complexity index is 2580. The molecule has 0 spiro atoms. The summed E-state index contributed by atoms with van der Waals surface area (Å²) in [6, 6.07) is 26.9. The van der Waals surface area contributed by atoms with Crippen LogP contribution in [0.5, 0.6) is 17.2 Å². The van der Waals surface area contributed by atoms with Gasteiger partial charge in [0.25, 0.3) is 0 Å². The summed E-state index contributed by atoms with van der Waals surface area (Å²) in [5.74, 6) is -3.64. The number of carbonyl (C=O) groups is 6. The SMILES string of the molecule is NC(=O)CC[C@H](NC(=O)[C@H](Cc1ccc(OP(=O)(O)O)cc1)NC(=O)[C@H](Cc1ccc2ccccc2c1)NC(=O)Cc1ccc(O)cc1)C(=O)N1CCN(C(=O)Cc2ccc(O)cc2)CC1. The van der Waals surface area contributed by atoms with Crippen LogP contribution in [0.25, 0.3) is 10.8 Å². The highest BCUT2D eigenvalue weighted by atomic mass is 31.2. The van der Waals surface area contributed by atoms with Crippen molar-refractivity contribution in [1.29, 1.82) is 0 Å². The highest BCUT2D eigenvalue weighted by Crippen LogP contribution is 2.37. The number of nitrogens with two attached hydrogens (primary N) is 1. The summed E-state index contributed by atoms with van der Waals surface area (Å²) in [7, 11) is -4.89. The van der Waals surface area contributed by atoms with Crippen LogP contribution in [0.1, 0.15) is 35.1 Å². The van der Waals surface area contributed by atoms with Gasteiger partial charge in [0.1, 0.15) is 35.4 Å². The Morgan fingerprint density at radius 1 is 0.606 bits per heavy atom. The van der Waals surface area contributed by atoms with E-state index in [9.17, 15) is 53.3 Å². The lowest BCUT2D eigenvalue weighted by Gasteiger charge is -2.37. The zero-order chi connectivity index (χ0) is 47.4. The fraction of sp³-hybridized carbons (Fsp3) is 0.277. The number of nitrogens with zero attached hydrogens (tertiary/aromatic N) is 2. The number of phenols is 2. The number of hydrogen-bond donors (Lipinski definition) is 8. The Kier molecular flexibility index (Phi) is 16.1. The first-order valence-corrected chi connectivity index (χ1v) is 22.6. The lowest BCUT2D eigenvalue weighted by molar-refractivity contribution is -0.142. The molecule has 0 aliphatic carbocycles. The average Bonchev–Trinajstić information content (AvgIpc) is 3.28. The van der Waals surface area contributed by atoms with Gasteiger partial charge >= 0.3 is 7.82 Å². The normalized spacial score (nSPS) is 14.1. The monoisotopic (exact) mass is 922 g/mol. The summed E-state index contributed by atoms with van der Waals surface area (Å²) in [6.45, 7) is 0.617. The predicted octanol–water partition coefficient (Wildman–Crippen LogP) is 2.38. The molecule has 6 amide bonds. The van der Waals surface area contributed by atoms with Crippen LogP contribution in [0.3, 0.4) is 0 Å². The maximum atomic E-state index is 14.4. The average molecular weight is 923 g/mol. The van der Waals surface area contributed by atoms with Gasteiger partial charge in [-0.15, -0.1) is 0 Å². The standard InChI is InChI=1S/C47H51N6O12P/c48-42(56)20-19-39(47(61)53-23-21-52(22-24-53)44(58)29-32-8-15-37(55)16-9-32)50-46(60)41(26-30-10-17-38(18-11-30)65-66(62,63)64)51-45(59)40(49-43(57)28-31-6-13-36(54)14-7-31)27-33-5-12-34-3-1-2-4-35(34)25-33/h1-18,25,39-41,54-55H,19-24,26-29H2,(H2,48,56)(H,49,57)(H,50,60)(H,51,59)(H2,62,63,64)/t39-,40-,41-/m0/s1. The van der Waals surface area contributed by atoms with E-state index in [0.29, 0.717) is 22.3 Å². The molecule has 0 bridgehead atoms. The van der Waals surface area contributed by atoms with Gasteiger partial charge in [-0.05, 0) is 75.8 Å². The Labute approximate surface area is 380 Å². The highest BCUT2D eigenvalue weighted by molar-refractivity contribution is 7.46. The second-order valence-corrected chi connectivity index (χ2v) is 17.1. The Balaban J connectivity index is 1.23. The second-order valence-electron chi connectivity index (χ2n) is 16.0. The summed E-state index contributed by atoms with van der Waals surface area (Å²) in [4.78, 5) is 103. The molecular weight excluding hydrogens is 872 g/mol. The van der Waals surface area contributed by atoms with Crippen molar-refractivity contribution in [2.24, 2.45) is 5.73 Å². The minimum Gasteiger partial charge on any atom is -0.508 e. The molecule has 3 atom stereocenters. The first-order valence-electron chi connectivity index (χ1n) is 21.1. The number of fused-ring (bicyclic) bond motifs is 1. The number of aromatic hydroxyl groups is 2. The fourth-order valence-corrected chi connectivity index (χ4v) is 7.91. The van der Waals surface area contributed by atoms with E-state index in [2.05, 4.69) is 20.5 Å². The van der Waals surface area contributed by atoms with Crippen LogP contribution in [0, 0.1) is 0 Å². The van der Waals surface area contributed by atoms with E-state index >= 15 is 0 Å². The van der Waals surface area contributed by atoms with E-state index in [1.54, 1.807) is 29.2 Å². The highest BCUT2D eigenvalue weighted by Gasteiger charge is 2.34. The number of benzene rings is 5. The Morgan fingerprint density at radius 2 is 1.11 bits per heavy atom. The van der Waals surface area contributed by atoms with Crippen molar-refractivity contribution >= 4 is 54.0 Å². The maximum Gasteiger partial charge on any atom is 0.524 e. The molecule has 66 heavy (non-hydrogen) atoms. The molecule has 0 saturated carbocycles. The number of phenolic OH excluding ortho intramolecular Hbond substituents is 2. The molecule has 1 aliphatic heterocycles. The van der Waals surface area contributed by atoms with Gasteiger partial charge < -0.3 is 46.2 Å². The maximum absolute atomic E-state index is 14.4. The summed E-state index contributed by atoms with van der Waals surface area (Å²) >= 11 is 0. The molecule has 18 nitrogen and oxygen atoms in total. The predicted molar refractivity (Wildman–Crippen MR) is 241 cm³/mol. The topological polar surface area (TPSA) is 278 Å². The first kappa shape index (κ1) is 48.2. The van der Waals surface area contributed by atoms with E-state index in [4.69, 9.17) is 5.73 Å². The molecule has 0 radical (unpaired) electrons. The number of phosphoric acid groups is 1. The number of phosphoric ester groups is 1. The van der Waals surface area contributed by atoms with Gasteiger partial charge in [0.2, 0.25) is 35.4 Å². The van der Waals surface area contributed by atoms with Gasteiger partial charge in [-0.3, -0.25) is 38.6 Å². The van der Waals surface area contributed by atoms with Gasteiger partial charge in [-0.1, -0.05) is 78.9 Å². The van der Waals surface area contributed by atoms with Gasteiger partial charge in [-0.25, -0.2) is 4.57 Å². The smallest absolute Gasteiger partial charge is 0.508 e. The van der Waals surface area contributed by atoms with E-state index in [1.165, 1.54) is 53.4 Å². The number of amides is 6. The van der Waals surface area contributed by atoms with Crippen LogP contribution in [0.2, 0.25) is 0 Å². The third kappa shape index (κ3) is 14.4. The molecule has 1 fully saturated rings. The van der Waals surface area contributed by atoms with Crippen molar-refractivity contribution in [2.45, 2.75) is 56.7 Å². The number of piperazine rings is 1. The lowest BCUT2D eigenvalue weighted by atomic mass is 9.99. The van der Waals surface area contributed by atoms with Gasteiger partial charge in [0.05, 0.1) is 12.8 Å². The zero-order valence-corrected chi connectivity index (χ0v) is 36.6. The first-order chi connectivity index (χ1) is 31.5. The molecule has 19 heteroatoms. The van der Waals surface area contributed by atoms with Crippen LogP contribution in [-0.4, -0.2) is 110 Å². The number of hydrogen-bond acceptors (Lipinski definition) is 10. The van der Waals surface area contributed by atoms with Crippen molar-refractivity contribution in [3.63, 3.8) is 0 Å². The molecule has 1 heterocycles. The summed E-state index contributed by atoms with van der Waals surface area (Å²) < 4.78 is 16.1. The van der Waals surface area contributed by atoms with Crippen LogP contribution in [-0.2, 0) is 59.0 Å². The van der Waals surface area contributed by atoms with E-state index in [0.717, 1.165) is 10.8 Å². The number of nitrogens with one attached hydrogen (secondary N) is 3. The molecule has 0 aromatic heterocycles. The summed E-state index contributed by atoms with van der Waals surface area (Å²) in [6.07, 6.45) is -0.726. The molecular formula is C47H51N6O12P. The second kappa shape index (κ2) is 22.1. The van der Waals surface area contributed by atoms with Crippen molar-refractivity contribution in [3.05, 3.63) is 138 Å². The fourth-order valence-electron chi connectivity index (χ4n) is 7.51. The lowest BCUT2D eigenvalue weighted by Crippen LogP contribution is -2.59. The third-order valence-electron chi connectivity index (χ3n) is 11.0. The molecule has 1 aliphatic rings. The van der Waals surface area contributed by atoms with Gasteiger partial charge in [0, 0.05) is 45.4 Å². The van der Waals surface area contributed by atoms with Crippen LogP contribution < -0.4 is 26.2 Å². The molecule has 9 N–H and O–H groups in total. The zero-order valence-electron chi connectivity index (χ0n) is 35.7. The van der Waals surface area contributed by atoms with Crippen LogP contribution >= 0.6 is 7.82 Å². The Hall–Kier alpha value is -7.27. The minimum absolute atomic E-state index is 0.00385. The van der Waals surface area contributed by atoms with Crippen molar-refractivity contribution in [2.75, 3.05) is 26.2 Å². The minimum atomic E-state index is -4.89. The van der Waals surface area contributed by atoms with E-state index in [-0.39, 0.29) is 87.9 Å². The molecule has 346 valence electrons. The molecule has 6 rings (SSSR count). The molecule has 5 aromatic rings. The molecule has 1 saturated heterocycles. The van der Waals surface area contributed by atoms with Crippen molar-refractivity contribution < 1.29 is 57.9 Å². The number of rotatable bonds is 19.